The number of hydrogen-bond donors (Lipinski definition) is 0. The first-order valence-electron chi connectivity index (χ1n) is 5.73. The first-order valence-corrected chi connectivity index (χ1v) is 6.11. The molecule has 0 amide bonds. The van der Waals surface area contributed by atoms with E-state index >= 15 is 0 Å². The molecule has 2 nitrogen and oxygen atoms in total. The predicted molar refractivity (Wildman–Crippen MR) is 71.8 cm³/mol. The molecule has 1 aromatic carbocycles. The van der Waals surface area contributed by atoms with Gasteiger partial charge in [0.15, 0.2) is 0 Å². The summed E-state index contributed by atoms with van der Waals surface area (Å²) >= 11 is 6.05. The van der Waals surface area contributed by atoms with Crippen LogP contribution in [0.25, 0.3) is 16.6 Å². The Kier molecular flexibility index (Phi) is 2.33. The van der Waals surface area contributed by atoms with E-state index < -0.39 is 0 Å². The highest BCUT2D eigenvalue weighted by atomic mass is 35.5. The molecule has 0 saturated carbocycles. The van der Waals surface area contributed by atoms with Crippen LogP contribution in [0.2, 0.25) is 5.02 Å². The molecule has 0 aliphatic heterocycles. The van der Waals surface area contributed by atoms with E-state index in [0.29, 0.717) is 5.92 Å². The van der Waals surface area contributed by atoms with E-state index in [-0.39, 0.29) is 0 Å². The topological polar surface area (TPSA) is 17.3 Å². The Balaban J connectivity index is 2.51. The molecule has 0 aliphatic carbocycles. The van der Waals surface area contributed by atoms with E-state index in [9.17, 15) is 0 Å². The van der Waals surface area contributed by atoms with E-state index in [2.05, 4.69) is 30.5 Å². The minimum Gasteiger partial charge on any atom is -0.313 e. The Hall–Kier alpha value is -1.54. The monoisotopic (exact) mass is 244 g/mol. The summed E-state index contributed by atoms with van der Waals surface area (Å²) in [4.78, 5) is 4.74. The Morgan fingerprint density at radius 3 is 2.76 bits per heavy atom. The normalized spacial score (nSPS) is 11.8. The minimum absolute atomic E-state index is 0.410. The molecule has 3 heteroatoms. The van der Waals surface area contributed by atoms with Gasteiger partial charge in [-0.1, -0.05) is 25.4 Å². The maximum absolute atomic E-state index is 6.05. The van der Waals surface area contributed by atoms with Crippen LogP contribution in [0.15, 0.2) is 36.5 Å². The fourth-order valence-electron chi connectivity index (χ4n) is 2.20. The smallest absolute Gasteiger partial charge is 0.0875 e. The molecule has 0 atom stereocenters. The number of fused-ring (bicyclic) bond motifs is 3. The Morgan fingerprint density at radius 2 is 2.00 bits per heavy atom. The van der Waals surface area contributed by atoms with Crippen molar-refractivity contribution < 1.29 is 0 Å². The SMILES string of the molecule is CC(C)c1nc2ccc(Cl)cc2n2cccc12. The van der Waals surface area contributed by atoms with Crippen LogP contribution in [0.1, 0.15) is 25.5 Å². The van der Waals surface area contributed by atoms with E-state index in [0.717, 1.165) is 27.3 Å². The van der Waals surface area contributed by atoms with Crippen molar-refractivity contribution in [1.29, 1.82) is 0 Å². The Bertz CT molecular complexity index is 698. The average molecular weight is 245 g/mol. The molecule has 17 heavy (non-hydrogen) atoms. The molecule has 2 aromatic heterocycles. The van der Waals surface area contributed by atoms with Gasteiger partial charge in [0.05, 0.1) is 22.2 Å². The number of nitrogens with zero attached hydrogens (tertiary/aromatic N) is 2. The molecular formula is C14H13ClN2. The fraction of sp³-hybridized carbons (Fsp3) is 0.214. The fourth-order valence-corrected chi connectivity index (χ4v) is 2.36. The van der Waals surface area contributed by atoms with E-state index in [1.165, 1.54) is 0 Å². The molecule has 2 heterocycles. The lowest BCUT2D eigenvalue weighted by Crippen LogP contribution is -1.99. The van der Waals surface area contributed by atoms with Crippen LogP contribution in [-0.2, 0) is 0 Å². The van der Waals surface area contributed by atoms with Crippen LogP contribution in [0.5, 0.6) is 0 Å². The summed E-state index contributed by atoms with van der Waals surface area (Å²) in [5.41, 5.74) is 4.34. The van der Waals surface area contributed by atoms with Crippen molar-refractivity contribution in [2.24, 2.45) is 0 Å². The van der Waals surface area contributed by atoms with Crippen molar-refractivity contribution in [3.8, 4) is 0 Å². The van der Waals surface area contributed by atoms with Crippen LogP contribution in [0.4, 0.5) is 0 Å². The van der Waals surface area contributed by atoms with Crippen molar-refractivity contribution in [2.45, 2.75) is 19.8 Å². The summed E-state index contributed by atoms with van der Waals surface area (Å²) in [6, 6.07) is 9.96. The van der Waals surface area contributed by atoms with Crippen LogP contribution < -0.4 is 0 Å². The highest BCUT2D eigenvalue weighted by Gasteiger charge is 2.10. The second kappa shape index (κ2) is 3.74. The molecule has 0 fully saturated rings. The highest BCUT2D eigenvalue weighted by molar-refractivity contribution is 6.31. The lowest BCUT2D eigenvalue weighted by molar-refractivity contribution is 0.832. The van der Waals surface area contributed by atoms with E-state index in [4.69, 9.17) is 16.6 Å². The first-order chi connectivity index (χ1) is 8.16. The third-order valence-electron chi connectivity index (χ3n) is 3.00. The number of rotatable bonds is 1. The van der Waals surface area contributed by atoms with Gasteiger partial charge in [0, 0.05) is 11.2 Å². The zero-order chi connectivity index (χ0) is 12.0. The molecule has 0 saturated heterocycles. The van der Waals surface area contributed by atoms with Crippen molar-refractivity contribution in [3.05, 3.63) is 47.2 Å². The molecule has 0 spiro atoms. The molecule has 86 valence electrons. The van der Waals surface area contributed by atoms with Gasteiger partial charge in [0.25, 0.3) is 0 Å². The van der Waals surface area contributed by atoms with Gasteiger partial charge in [0.1, 0.15) is 0 Å². The average Bonchev–Trinajstić information content (AvgIpc) is 2.76. The van der Waals surface area contributed by atoms with Crippen LogP contribution in [0.3, 0.4) is 0 Å². The summed E-state index contributed by atoms with van der Waals surface area (Å²) in [6.45, 7) is 4.33. The molecule has 0 unspecified atom stereocenters. The van der Waals surface area contributed by atoms with Crippen LogP contribution in [0, 0.1) is 0 Å². The third kappa shape index (κ3) is 1.60. The minimum atomic E-state index is 0.410. The maximum Gasteiger partial charge on any atom is 0.0875 e. The van der Waals surface area contributed by atoms with E-state index in [1.807, 2.05) is 24.3 Å². The second-order valence-corrected chi connectivity index (χ2v) is 4.98. The molecule has 0 bridgehead atoms. The second-order valence-electron chi connectivity index (χ2n) is 4.55. The standard InChI is InChI=1S/C14H13ClN2/c1-9(2)14-12-4-3-7-17(12)13-8-10(15)5-6-11(13)16-14/h3-9H,1-2H3. The van der Waals surface area contributed by atoms with Crippen LogP contribution >= 0.6 is 11.6 Å². The highest BCUT2D eigenvalue weighted by Crippen LogP contribution is 2.25. The van der Waals surface area contributed by atoms with Crippen molar-refractivity contribution in [1.82, 2.24) is 9.38 Å². The number of aromatic nitrogens is 2. The predicted octanol–water partition coefficient (Wildman–Crippen LogP) is 4.26. The van der Waals surface area contributed by atoms with Gasteiger partial charge in [-0.25, -0.2) is 4.98 Å². The van der Waals surface area contributed by atoms with Gasteiger partial charge in [-0.3, -0.25) is 0 Å². The molecular weight excluding hydrogens is 232 g/mol. The van der Waals surface area contributed by atoms with Gasteiger partial charge in [-0.05, 0) is 36.2 Å². The maximum atomic E-state index is 6.05. The largest absolute Gasteiger partial charge is 0.313 e. The van der Waals surface area contributed by atoms with Gasteiger partial charge in [-0.2, -0.15) is 0 Å². The van der Waals surface area contributed by atoms with Gasteiger partial charge in [-0.15, -0.1) is 0 Å². The molecule has 0 radical (unpaired) electrons. The van der Waals surface area contributed by atoms with E-state index in [1.54, 1.807) is 0 Å². The molecule has 3 rings (SSSR count). The summed E-state index contributed by atoms with van der Waals surface area (Å²) in [5, 5.41) is 0.742. The lowest BCUT2D eigenvalue weighted by Gasteiger charge is -2.11. The third-order valence-corrected chi connectivity index (χ3v) is 3.23. The molecule has 3 aromatic rings. The summed E-state index contributed by atoms with van der Waals surface area (Å²) in [7, 11) is 0. The van der Waals surface area contributed by atoms with Crippen molar-refractivity contribution in [3.63, 3.8) is 0 Å². The first kappa shape index (κ1) is 10.6. The summed E-state index contributed by atoms with van der Waals surface area (Å²) in [6.07, 6.45) is 2.06. The van der Waals surface area contributed by atoms with Crippen molar-refractivity contribution >= 4 is 28.2 Å². The summed E-state index contributed by atoms with van der Waals surface area (Å²) < 4.78 is 2.16. The van der Waals surface area contributed by atoms with Gasteiger partial charge < -0.3 is 4.40 Å². The molecule has 0 N–H and O–H groups in total. The molecule has 0 aliphatic rings. The van der Waals surface area contributed by atoms with Gasteiger partial charge in [0.2, 0.25) is 0 Å². The van der Waals surface area contributed by atoms with Crippen LogP contribution in [-0.4, -0.2) is 9.38 Å². The number of benzene rings is 1. The Morgan fingerprint density at radius 1 is 1.18 bits per heavy atom. The van der Waals surface area contributed by atoms with Gasteiger partial charge >= 0.3 is 0 Å². The zero-order valence-corrected chi connectivity index (χ0v) is 10.6. The number of halogens is 1. The quantitative estimate of drug-likeness (QED) is 0.625. The summed E-state index contributed by atoms with van der Waals surface area (Å²) in [5.74, 6) is 0.410. The zero-order valence-electron chi connectivity index (χ0n) is 9.81. The lowest BCUT2D eigenvalue weighted by atomic mass is 10.1. The Labute approximate surface area is 105 Å². The van der Waals surface area contributed by atoms with Crippen molar-refractivity contribution in [2.75, 3.05) is 0 Å². The number of hydrogen-bond acceptors (Lipinski definition) is 1.